The zero-order valence-corrected chi connectivity index (χ0v) is 13.8. The lowest BCUT2D eigenvalue weighted by molar-refractivity contribution is -0.142. The third kappa shape index (κ3) is 7.11. The lowest BCUT2D eigenvalue weighted by Crippen LogP contribution is -2.45. The molecule has 0 spiro atoms. The van der Waals surface area contributed by atoms with E-state index in [1.807, 2.05) is 0 Å². The highest BCUT2D eigenvalue weighted by atomic mass is 19.4. The zero-order valence-electron chi connectivity index (χ0n) is 13.8. The minimum Gasteiger partial charge on any atom is -0.481 e. The van der Waals surface area contributed by atoms with Crippen molar-refractivity contribution in [3.05, 3.63) is 23.8 Å². The fourth-order valence-corrected chi connectivity index (χ4v) is 1.98. The van der Waals surface area contributed by atoms with Gasteiger partial charge in [-0.25, -0.2) is 4.79 Å². The van der Waals surface area contributed by atoms with Crippen molar-refractivity contribution in [1.82, 2.24) is 5.32 Å². The molecule has 0 saturated heterocycles. The van der Waals surface area contributed by atoms with Crippen molar-refractivity contribution in [2.24, 2.45) is 0 Å². The van der Waals surface area contributed by atoms with Gasteiger partial charge in [0, 0.05) is 17.6 Å². The number of amides is 2. The molecule has 0 saturated carbocycles. The lowest BCUT2D eigenvalue weighted by Gasteiger charge is -2.26. The van der Waals surface area contributed by atoms with Gasteiger partial charge in [-0.1, -0.05) is 0 Å². The summed E-state index contributed by atoms with van der Waals surface area (Å²) >= 11 is 0. The summed E-state index contributed by atoms with van der Waals surface area (Å²) in [5.74, 6) is -2.13. The van der Waals surface area contributed by atoms with Gasteiger partial charge in [-0.15, -0.1) is 0 Å². The molecule has 1 aromatic rings. The molecule has 0 aliphatic rings. The van der Waals surface area contributed by atoms with Crippen LogP contribution < -0.4 is 15.4 Å². The second-order valence-corrected chi connectivity index (χ2v) is 5.94. The number of carbonyl (C=O) groups is 2. The van der Waals surface area contributed by atoms with Crippen LogP contribution in [0.2, 0.25) is 0 Å². The second-order valence-electron chi connectivity index (χ2n) is 5.94. The van der Waals surface area contributed by atoms with Crippen LogP contribution >= 0.6 is 0 Å². The SMILES string of the molecule is CC(C)(CCC(=O)O)NC(=O)Nc1ccc(OC(F)F)c(C(F)(F)F)c1. The van der Waals surface area contributed by atoms with Gasteiger partial charge in [0.1, 0.15) is 5.75 Å². The molecule has 146 valence electrons. The van der Waals surface area contributed by atoms with Gasteiger partial charge in [0.05, 0.1) is 5.56 Å². The molecule has 0 unspecified atom stereocenters. The van der Waals surface area contributed by atoms with Gasteiger partial charge in [0.25, 0.3) is 0 Å². The van der Waals surface area contributed by atoms with Gasteiger partial charge in [-0.05, 0) is 38.5 Å². The van der Waals surface area contributed by atoms with E-state index in [0.29, 0.717) is 12.1 Å². The average molecular weight is 384 g/mol. The van der Waals surface area contributed by atoms with Gasteiger partial charge in [0.2, 0.25) is 0 Å². The second kappa shape index (κ2) is 8.19. The van der Waals surface area contributed by atoms with Gasteiger partial charge in [-0.3, -0.25) is 4.79 Å². The Balaban J connectivity index is 2.89. The van der Waals surface area contributed by atoms with Crippen LogP contribution in [0.3, 0.4) is 0 Å². The first-order valence-electron chi connectivity index (χ1n) is 7.27. The molecule has 0 heterocycles. The Labute approximate surface area is 145 Å². The van der Waals surface area contributed by atoms with E-state index in [2.05, 4.69) is 15.4 Å². The van der Waals surface area contributed by atoms with Crippen molar-refractivity contribution >= 4 is 17.7 Å². The van der Waals surface area contributed by atoms with E-state index in [0.717, 1.165) is 6.07 Å². The van der Waals surface area contributed by atoms with Gasteiger partial charge in [0.15, 0.2) is 0 Å². The summed E-state index contributed by atoms with van der Waals surface area (Å²) in [4.78, 5) is 22.5. The quantitative estimate of drug-likeness (QED) is 0.619. The highest BCUT2D eigenvalue weighted by Gasteiger charge is 2.35. The monoisotopic (exact) mass is 384 g/mol. The number of carbonyl (C=O) groups excluding carboxylic acids is 1. The minimum absolute atomic E-state index is 0.0880. The molecule has 1 aromatic carbocycles. The maximum absolute atomic E-state index is 13.0. The fourth-order valence-electron chi connectivity index (χ4n) is 1.98. The third-order valence-electron chi connectivity index (χ3n) is 3.17. The van der Waals surface area contributed by atoms with Gasteiger partial charge in [-0.2, -0.15) is 22.0 Å². The first-order chi connectivity index (χ1) is 11.8. The van der Waals surface area contributed by atoms with Crippen LogP contribution in [0.4, 0.5) is 32.4 Å². The number of anilines is 1. The Kier molecular flexibility index (Phi) is 6.76. The molecule has 0 bridgehead atoms. The largest absolute Gasteiger partial charge is 0.481 e. The summed E-state index contributed by atoms with van der Waals surface area (Å²) in [6.45, 7) is -0.361. The standard InChI is InChI=1S/C15H17F5N2O4/c1-14(2,6-5-11(23)24)22-13(25)21-8-3-4-10(26-12(16)17)9(7-8)15(18,19)20/h3-4,7,12H,5-6H2,1-2H3,(H,23,24)(H2,21,22,25). The predicted octanol–water partition coefficient (Wildman–Crippen LogP) is 4.07. The molecule has 0 aliphatic heterocycles. The van der Waals surface area contributed by atoms with Crippen molar-refractivity contribution in [1.29, 1.82) is 0 Å². The molecule has 0 radical (unpaired) electrons. The molecule has 6 nitrogen and oxygen atoms in total. The molecule has 3 N–H and O–H groups in total. The summed E-state index contributed by atoms with van der Waals surface area (Å²) in [6, 6.07) is 1.22. The van der Waals surface area contributed by atoms with Crippen LogP contribution in [0, 0.1) is 0 Å². The highest BCUT2D eigenvalue weighted by Crippen LogP contribution is 2.38. The van der Waals surface area contributed by atoms with Crippen LogP contribution in [-0.4, -0.2) is 29.3 Å². The number of urea groups is 1. The maximum atomic E-state index is 13.0. The number of hydrogen-bond acceptors (Lipinski definition) is 3. The molecule has 1 rings (SSSR count). The summed E-state index contributed by atoms with van der Waals surface area (Å²) in [7, 11) is 0. The van der Waals surface area contributed by atoms with Crippen LogP contribution in [-0.2, 0) is 11.0 Å². The van der Waals surface area contributed by atoms with Crippen molar-refractivity contribution in [2.45, 2.75) is 45.0 Å². The third-order valence-corrected chi connectivity index (χ3v) is 3.17. The molecular weight excluding hydrogens is 367 g/mol. The van der Waals surface area contributed by atoms with Crippen molar-refractivity contribution in [3.8, 4) is 5.75 Å². The molecule has 0 aliphatic carbocycles. The number of hydrogen-bond donors (Lipinski definition) is 3. The number of carboxylic acids is 1. The molecule has 2 amide bonds. The van der Waals surface area contributed by atoms with E-state index in [-0.39, 0.29) is 18.5 Å². The van der Waals surface area contributed by atoms with E-state index in [4.69, 9.17) is 5.11 Å². The number of aliphatic carboxylic acids is 1. The average Bonchev–Trinajstić information content (AvgIpc) is 2.44. The van der Waals surface area contributed by atoms with Gasteiger partial charge < -0.3 is 20.5 Å². The smallest absolute Gasteiger partial charge is 0.420 e. The number of rotatable bonds is 7. The van der Waals surface area contributed by atoms with Crippen LogP contribution in [0.25, 0.3) is 0 Å². The Morgan fingerprint density at radius 2 is 1.85 bits per heavy atom. The number of alkyl halides is 5. The summed E-state index contributed by atoms with van der Waals surface area (Å²) < 4.78 is 67.1. The topological polar surface area (TPSA) is 87.7 Å². The number of nitrogens with one attached hydrogen (secondary N) is 2. The molecule has 0 fully saturated rings. The maximum Gasteiger partial charge on any atom is 0.420 e. The zero-order chi connectivity index (χ0) is 20.1. The number of carboxylic acid groups (broad SMARTS) is 1. The van der Waals surface area contributed by atoms with E-state index >= 15 is 0 Å². The summed E-state index contributed by atoms with van der Waals surface area (Å²) in [5, 5.41) is 13.2. The fraction of sp³-hybridized carbons (Fsp3) is 0.467. The molecule has 0 atom stereocenters. The predicted molar refractivity (Wildman–Crippen MR) is 81.2 cm³/mol. The minimum atomic E-state index is -4.97. The van der Waals surface area contributed by atoms with E-state index < -0.39 is 41.6 Å². The Hall–Kier alpha value is -2.59. The normalized spacial score (nSPS) is 12.0. The van der Waals surface area contributed by atoms with E-state index in [9.17, 15) is 31.5 Å². The van der Waals surface area contributed by atoms with Crippen LogP contribution in [0.15, 0.2) is 18.2 Å². The van der Waals surface area contributed by atoms with Crippen molar-refractivity contribution < 1.29 is 41.4 Å². The number of ether oxygens (including phenoxy) is 1. The molecule has 11 heteroatoms. The first-order valence-corrected chi connectivity index (χ1v) is 7.27. The Bertz CT molecular complexity index is 662. The van der Waals surface area contributed by atoms with E-state index in [1.165, 1.54) is 13.8 Å². The Morgan fingerprint density at radius 1 is 1.23 bits per heavy atom. The van der Waals surface area contributed by atoms with Crippen LogP contribution in [0.1, 0.15) is 32.3 Å². The highest BCUT2D eigenvalue weighted by molar-refractivity contribution is 5.90. The number of benzene rings is 1. The first kappa shape index (κ1) is 21.5. The molecular formula is C15H17F5N2O4. The van der Waals surface area contributed by atoms with Crippen molar-refractivity contribution in [3.63, 3.8) is 0 Å². The Morgan fingerprint density at radius 3 is 2.35 bits per heavy atom. The lowest BCUT2D eigenvalue weighted by atomic mass is 9.99. The summed E-state index contributed by atoms with van der Waals surface area (Å²) in [5.41, 5.74) is -2.71. The van der Waals surface area contributed by atoms with Crippen LogP contribution in [0.5, 0.6) is 5.75 Å². The molecule has 26 heavy (non-hydrogen) atoms. The molecule has 0 aromatic heterocycles. The van der Waals surface area contributed by atoms with E-state index in [1.54, 1.807) is 0 Å². The number of halogens is 5. The summed E-state index contributed by atoms with van der Waals surface area (Å²) in [6.07, 6.45) is -5.10. The van der Waals surface area contributed by atoms with Gasteiger partial charge >= 0.3 is 24.8 Å². The van der Waals surface area contributed by atoms with Crippen molar-refractivity contribution in [2.75, 3.05) is 5.32 Å².